The molecular weight excluding hydrogens is 224 g/mol. The van der Waals surface area contributed by atoms with E-state index >= 15 is 0 Å². The molecule has 0 aliphatic heterocycles. The Labute approximate surface area is 102 Å². The summed E-state index contributed by atoms with van der Waals surface area (Å²) in [5, 5.41) is 7.85. The van der Waals surface area contributed by atoms with Crippen molar-refractivity contribution in [3.8, 4) is 0 Å². The van der Waals surface area contributed by atoms with Gasteiger partial charge in [-0.05, 0) is 48.6 Å². The van der Waals surface area contributed by atoms with Gasteiger partial charge in [-0.3, -0.25) is 0 Å². The van der Waals surface area contributed by atoms with Crippen molar-refractivity contribution in [1.82, 2.24) is 10.2 Å². The van der Waals surface area contributed by atoms with E-state index in [1.54, 1.807) is 0 Å². The lowest BCUT2D eigenvalue weighted by Gasteiger charge is -2.35. The molecule has 1 aliphatic carbocycles. The van der Waals surface area contributed by atoms with Crippen LogP contribution in [0.5, 0.6) is 0 Å². The van der Waals surface area contributed by atoms with E-state index in [-0.39, 0.29) is 5.35 Å². The van der Waals surface area contributed by atoms with Gasteiger partial charge in [0.05, 0.1) is 0 Å². The van der Waals surface area contributed by atoms with Crippen molar-refractivity contribution >= 4 is 11.6 Å². The minimum atomic E-state index is 0.160. The number of nitrogens with zero attached hydrogens (tertiary/aromatic N) is 2. The smallest absolute Gasteiger partial charge is 0.312 e. The lowest BCUT2D eigenvalue weighted by Crippen LogP contribution is -2.25. The molecule has 1 aliphatic rings. The first-order chi connectivity index (χ1) is 7.47. The zero-order valence-corrected chi connectivity index (χ0v) is 10.9. The van der Waals surface area contributed by atoms with E-state index < -0.39 is 0 Å². The van der Waals surface area contributed by atoms with Gasteiger partial charge in [0.1, 0.15) is 0 Å². The third-order valence-electron chi connectivity index (χ3n) is 3.72. The van der Waals surface area contributed by atoms with Crippen LogP contribution < -0.4 is 0 Å². The summed E-state index contributed by atoms with van der Waals surface area (Å²) in [6.07, 6.45) is 4.77. The fourth-order valence-corrected chi connectivity index (χ4v) is 2.70. The molecule has 90 valence electrons. The van der Waals surface area contributed by atoms with E-state index in [2.05, 4.69) is 31.0 Å². The summed E-state index contributed by atoms with van der Waals surface area (Å²) in [7, 11) is 0. The van der Waals surface area contributed by atoms with Gasteiger partial charge in [0, 0.05) is 5.92 Å². The highest BCUT2D eigenvalue weighted by Crippen LogP contribution is 2.42. The normalized spacial score (nSPS) is 27.0. The van der Waals surface area contributed by atoms with E-state index in [4.69, 9.17) is 16.0 Å². The van der Waals surface area contributed by atoms with E-state index in [0.717, 1.165) is 24.7 Å². The first-order valence-electron chi connectivity index (χ1n) is 5.95. The van der Waals surface area contributed by atoms with Crippen molar-refractivity contribution in [3.05, 3.63) is 11.2 Å². The maximum atomic E-state index is 5.64. The Kier molecular flexibility index (Phi) is 3.24. The largest absolute Gasteiger partial charge is 0.412 e. The maximum absolute atomic E-state index is 5.64. The van der Waals surface area contributed by atoms with Gasteiger partial charge in [-0.15, -0.1) is 5.10 Å². The summed E-state index contributed by atoms with van der Waals surface area (Å²) < 4.78 is 5.29. The molecule has 16 heavy (non-hydrogen) atoms. The number of rotatable bonds is 1. The van der Waals surface area contributed by atoms with Crippen LogP contribution >= 0.6 is 11.6 Å². The topological polar surface area (TPSA) is 38.9 Å². The first kappa shape index (κ1) is 11.9. The molecule has 3 nitrogen and oxygen atoms in total. The highest BCUT2D eigenvalue weighted by Gasteiger charge is 2.32. The standard InChI is InChI=1S/C12H19ClN2O/c1-12(2,3)9-6-4-8(5-7-9)10-14-15-11(13)16-10/h8-9H,4-7H2,1-3H3. The minimum absolute atomic E-state index is 0.160. The Morgan fingerprint density at radius 3 is 2.19 bits per heavy atom. The molecule has 0 aromatic carbocycles. The number of halogens is 1. The van der Waals surface area contributed by atoms with Crippen molar-refractivity contribution in [2.24, 2.45) is 11.3 Å². The van der Waals surface area contributed by atoms with Crippen molar-refractivity contribution < 1.29 is 4.42 Å². The molecule has 4 heteroatoms. The molecule has 0 saturated heterocycles. The van der Waals surface area contributed by atoms with Crippen LogP contribution in [0.4, 0.5) is 0 Å². The van der Waals surface area contributed by atoms with Gasteiger partial charge in [-0.1, -0.05) is 25.9 Å². The monoisotopic (exact) mass is 242 g/mol. The summed E-state index contributed by atoms with van der Waals surface area (Å²) in [5.41, 5.74) is 0.414. The number of aromatic nitrogens is 2. The van der Waals surface area contributed by atoms with Crippen LogP contribution in [0.15, 0.2) is 4.42 Å². The third-order valence-corrected chi connectivity index (χ3v) is 3.87. The maximum Gasteiger partial charge on any atom is 0.312 e. The molecule has 2 rings (SSSR count). The minimum Gasteiger partial charge on any atom is -0.412 e. The van der Waals surface area contributed by atoms with Gasteiger partial charge in [0.2, 0.25) is 5.89 Å². The van der Waals surface area contributed by atoms with Crippen LogP contribution in [0.25, 0.3) is 0 Å². The molecular formula is C12H19ClN2O. The molecule has 0 N–H and O–H groups in total. The molecule has 0 amide bonds. The van der Waals surface area contributed by atoms with Gasteiger partial charge in [0.15, 0.2) is 0 Å². The molecule has 0 atom stereocenters. The van der Waals surface area contributed by atoms with E-state index in [1.807, 2.05) is 0 Å². The molecule has 0 radical (unpaired) electrons. The van der Waals surface area contributed by atoms with Crippen LogP contribution in [0.2, 0.25) is 5.35 Å². The van der Waals surface area contributed by atoms with Gasteiger partial charge in [0.25, 0.3) is 0 Å². The van der Waals surface area contributed by atoms with E-state index in [0.29, 0.717) is 11.3 Å². The Morgan fingerprint density at radius 2 is 1.75 bits per heavy atom. The van der Waals surface area contributed by atoms with Gasteiger partial charge >= 0.3 is 5.35 Å². The van der Waals surface area contributed by atoms with Crippen LogP contribution in [0.3, 0.4) is 0 Å². The SMILES string of the molecule is CC(C)(C)C1CCC(c2nnc(Cl)o2)CC1. The Hall–Kier alpha value is -0.570. The molecule has 0 spiro atoms. The van der Waals surface area contributed by atoms with Crippen molar-refractivity contribution in [3.63, 3.8) is 0 Å². The highest BCUT2D eigenvalue weighted by atomic mass is 35.5. The first-order valence-corrected chi connectivity index (χ1v) is 6.33. The Balaban J connectivity index is 1.95. The molecule has 1 heterocycles. The summed E-state index contributed by atoms with van der Waals surface area (Å²) in [4.78, 5) is 0. The average molecular weight is 243 g/mol. The predicted molar refractivity (Wildman–Crippen MR) is 63.5 cm³/mol. The third kappa shape index (κ3) is 2.57. The predicted octanol–water partition coefficient (Wildman–Crippen LogP) is 4.04. The number of hydrogen-bond donors (Lipinski definition) is 0. The summed E-state index contributed by atoms with van der Waals surface area (Å²) in [5.74, 6) is 1.94. The molecule has 1 saturated carbocycles. The molecule has 0 unspecified atom stereocenters. The Bertz CT molecular complexity index is 348. The molecule has 0 bridgehead atoms. The summed E-state index contributed by atoms with van der Waals surface area (Å²) in [6, 6.07) is 0. The second-order valence-electron chi connectivity index (χ2n) is 5.81. The van der Waals surface area contributed by atoms with Crippen LogP contribution in [0, 0.1) is 11.3 Å². The van der Waals surface area contributed by atoms with Gasteiger partial charge < -0.3 is 4.42 Å². The average Bonchev–Trinajstić information content (AvgIpc) is 2.64. The zero-order valence-electron chi connectivity index (χ0n) is 10.2. The van der Waals surface area contributed by atoms with Gasteiger partial charge in [-0.25, -0.2) is 0 Å². The van der Waals surface area contributed by atoms with Crippen molar-refractivity contribution in [2.75, 3.05) is 0 Å². The quantitative estimate of drug-likeness (QED) is 0.746. The van der Waals surface area contributed by atoms with Crippen LogP contribution in [-0.2, 0) is 0 Å². The van der Waals surface area contributed by atoms with Crippen LogP contribution in [-0.4, -0.2) is 10.2 Å². The number of hydrogen-bond acceptors (Lipinski definition) is 3. The second kappa shape index (κ2) is 4.36. The van der Waals surface area contributed by atoms with Crippen molar-refractivity contribution in [2.45, 2.75) is 52.4 Å². The fourth-order valence-electron chi connectivity index (χ4n) is 2.59. The van der Waals surface area contributed by atoms with E-state index in [1.165, 1.54) is 12.8 Å². The molecule has 1 fully saturated rings. The van der Waals surface area contributed by atoms with E-state index in [9.17, 15) is 0 Å². The van der Waals surface area contributed by atoms with Crippen LogP contribution in [0.1, 0.15) is 58.3 Å². The van der Waals surface area contributed by atoms with Crippen molar-refractivity contribution in [1.29, 1.82) is 0 Å². The summed E-state index contributed by atoms with van der Waals surface area (Å²) >= 11 is 5.64. The molecule has 1 aromatic heterocycles. The fraction of sp³-hybridized carbons (Fsp3) is 0.833. The molecule has 1 aromatic rings. The highest BCUT2D eigenvalue weighted by molar-refractivity contribution is 6.27. The lowest BCUT2D eigenvalue weighted by molar-refractivity contribution is 0.162. The second-order valence-corrected chi connectivity index (χ2v) is 6.13. The lowest BCUT2D eigenvalue weighted by atomic mass is 9.70. The van der Waals surface area contributed by atoms with Gasteiger partial charge in [-0.2, -0.15) is 0 Å². The zero-order chi connectivity index (χ0) is 11.8. The Morgan fingerprint density at radius 1 is 1.12 bits per heavy atom. The summed E-state index contributed by atoms with van der Waals surface area (Å²) in [6.45, 7) is 6.96.